The summed E-state index contributed by atoms with van der Waals surface area (Å²) >= 11 is 0. The molecule has 1 aliphatic carbocycles. The van der Waals surface area contributed by atoms with Gasteiger partial charge in [0.05, 0.1) is 6.10 Å². The van der Waals surface area contributed by atoms with Crippen LogP contribution in [0.15, 0.2) is 0 Å². The maximum atomic E-state index is 5.77. The van der Waals surface area contributed by atoms with E-state index in [0.717, 1.165) is 30.9 Å². The van der Waals surface area contributed by atoms with E-state index in [4.69, 9.17) is 10.5 Å². The molecule has 0 spiro atoms. The fourth-order valence-electron chi connectivity index (χ4n) is 2.96. The summed E-state index contributed by atoms with van der Waals surface area (Å²) in [6, 6.07) is 0. The third-order valence-electron chi connectivity index (χ3n) is 3.57. The highest BCUT2D eigenvalue weighted by atomic mass is 16.5. The summed E-state index contributed by atoms with van der Waals surface area (Å²) in [4.78, 5) is 0. The van der Waals surface area contributed by atoms with Crippen LogP contribution in [0.5, 0.6) is 0 Å². The Kier molecular flexibility index (Phi) is 2.37. The normalized spacial score (nSPS) is 47.5. The molecule has 2 nitrogen and oxygen atoms in total. The van der Waals surface area contributed by atoms with E-state index < -0.39 is 0 Å². The van der Waals surface area contributed by atoms with Crippen LogP contribution in [0.25, 0.3) is 0 Å². The molecule has 2 heteroatoms. The third kappa shape index (κ3) is 1.27. The van der Waals surface area contributed by atoms with Crippen LogP contribution in [-0.4, -0.2) is 19.3 Å². The standard InChI is InChI=1S/C10H19NO/c1-7-6-12-9-4-2-3-8(5-11)10(7)9/h7-10H,2-6,11H2,1H3/t7-,8+,9-,10-/m1/s1. The van der Waals surface area contributed by atoms with Crippen LogP contribution in [0.4, 0.5) is 0 Å². The second-order valence-corrected chi connectivity index (χ2v) is 4.35. The van der Waals surface area contributed by atoms with Crippen LogP contribution < -0.4 is 5.73 Å². The molecule has 2 fully saturated rings. The molecule has 2 N–H and O–H groups in total. The van der Waals surface area contributed by atoms with Crippen molar-refractivity contribution in [2.75, 3.05) is 13.2 Å². The molecule has 1 aliphatic heterocycles. The van der Waals surface area contributed by atoms with E-state index in [2.05, 4.69) is 6.92 Å². The van der Waals surface area contributed by atoms with Gasteiger partial charge in [0.15, 0.2) is 0 Å². The van der Waals surface area contributed by atoms with Gasteiger partial charge < -0.3 is 10.5 Å². The van der Waals surface area contributed by atoms with E-state index >= 15 is 0 Å². The van der Waals surface area contributed by atoms with E-state index in [9.17, 15) is 0 Å². The van der Waals surface area contributed by atoms with Crippen LogP contribution in [0.1, 0.15) is 26.2 Å². The predicted octanol–water partition coefficient (Wildman–Crippen LogP) is 1.40. The van der Waals surface area contributed by atoms with Gasteiger partial charge in [0.25, 0.3) is 0 Å². The minimum atomic E-state index is 0.544. The average Bonchev–Trinajstić information content (AvgIpc) is 2.48. The molecule has 1 heterocycles. The molecule has 0 aromatic carbocycles. The Morgan fingerprint density at radius 2 is 2.25 bits per heavy atom. The molecule has 2 rings (SSSR count). The van der Waals surface area contributed by atoms with Gasteiger partial charge in [-0.05, 0) is 37.1 Å². The molecule has 0 radical (unpaired) electrons. The Morgan fingerprint density at radius 1 is 1.42 bits per heavy atom. The fourth-order valence-corrected chi connectivity index (χ4v) is 2.96. The lowest BCUT2D eigenvalue weighted by atomic mass is 9.73. The van der Waals surface area contributed by atoms with Crippen molar-refractivity contribution < 1.29 is 4.74 Å². The van der Waals surface area contributed by atoms with Crippen LogP contribution in [0, 0.1) is 17.8 Å². The Morgan fingerprint density at radius 3 is 3.00 bits per heavy atom. The van der Waals surface area contributed by atoms with Crippen LogP contribution >= 0.6 is 0 Å². The summed E-state index contributed by atoms with van der Waals surface area (Å²) in [6.07, 6.45) is 4.45. The fraction of sp³-hybridized carbons (Fsp3) is 1.00. The van der Waals surface area contributed by atoms with Crippen molar-refractivity contribution in [2.45, 2.75) is 32.3 Å². The molecule has 1 saturated carbocycles. The van der Waals surface area contributed by atoms with Gasteiger partial charge in [0.2, 0.25) is 0 Å². The number of ether oxygens (including phenoxy) is 1. The maximum Gasteiger partial charge on any atom is 0.0609 e. The average molecular weight is 169 g/mol. The van der Waals surface area contributed by atoms with Crippen molar-refractivity contribution >= 4 is 0 Å². The summed E-state index contributed by atoms with van der Waals surface area (Å²) < 4.78 is 5.75. The Balaban J connectivity index is 2.07. The van der Waals surface area contributed by atoms with Gasteiger partial charge in [-0.15, -0.1) is 0 Å². The van der Waals surface area contributed by atoms with Crippen LogP contribution in [0.2, 0.25) is 0 Å². The minimum Gasteiger partial charge on any atom is -0.378 e. The molecule has 4 atom stereocenters. The molecule has 0 amide bonds. The second-order valence-electron chi connectivity index (χ2n) is 4.35. The zero-order valence-electron chi connectivity index (χ0n) is 7.83. The molecule has 0 bridgehead atoms. The van der Waals surface area contributed by atoms with Gasteiger partial charge in [-0.2, -0.15) is 0 Å². The van der Waals surface area contributed by atoms with Gasteiger partial charge in [-0.1, -0.05) is 13.3 Å². The molecule has 0 aromatic rings. The summed E-state index contributed by atoms with van der Waals surface area (Å²) in [5.41, 5.74) is 5.77. The molecule has 12 heavy (non-hydrogen) atoms. The summed E-state index contributed by atoms with van der Waals surface area (Å²) in [5.74, 6) is 2.24. The first-order chi connectivity index (χ1) is 5.83. The highest BCUT2D eigenvalue weighted by Crippen LogP contribution is 2.41. The van der Waals surface area contributed by atoms with Gasteiger partial charge in [-0.3, -0.25) is 0 Å². The van der Waals surface area contributed by atoms with E-state index in [-0.39, 0.29) is 0 Å². The van der Waals surface area contributed by atoms with Crippen LogP contribution in [-0.2, 0) is 4.74 Å². The van der Waals surface area contributed by atoms with E-state index in [1.807, 2.05) is 0 Å². The first-order valence-corrected chi connectivity index (χ1v) is 5.14. The minimum absolute atomic E-state index is 0.544. The van der Waals surface area contributed by atoms with Crippen molar-refractivity contribution in [3.8, 4) is 0 Å². The maximum absolute atomic E-state index is 5.77. The van der Waals surface area contributed by atoms with Crippen molar-refractivity contribution in [3.05, 3.63) is 0 Å². The molecule has 1 saturated heterocycles. The topological polar surface area (TPSA) is 35.2 Å². The first-order valence-electron chi connectivity index (χ1n) is 5.14. The zero-order chi connectivity index (χ0) is 8.55. The van der Waals surface area contributed by atoms with Crippen molar-refractivity contribution in [2.24, 2.45) is 23.5 Å². The quantitative estimate of drug-likeness (QED) is 0.644. The second kappa shape index (κ2) is 3.35. The van der Waals surface area contributed by atoms with Crippen molar-refractivity contribution in [3.63, 3.8) is 0 Å². The van der Waals surface area contributed by atoms with Gasteiger partial charge >= 0.3 is 0 Å². The van der Waals surface area contributed by atoms with Gasteiger partial charge in [0.1, 0.15) is 0 Å². The summed E-state index contributed by atoms with van der Waals surface area (Å²) in [7, 11) is 0. The van der Waals surface area contributed by atoms with E-state index in [1.165, 1.54) is 19.3 Å². The molecule has 2 aliphatic rings. The number of rotatable bonds is 1. The zero-order valence-corrected chi connectivity index (χ0v) is 7.83. The molecule has 0 unspecified atom stereocenters. The third-order valence-corrected chi connectivity index (χ3v) is 3.57. The predicted molar refractivity (Wildman–Crippen MR) is 48.8 cm³/mol. The molecule has 70 valence electrons. The van der Waals surface area contributed by atoms with Crippen LogP contribution in [0.3, 0.4) is 0 Å². The lowest BCUT2D eigenvalue weighted by Gasteiger charge is -2.33. The van der Waals surface area contributed by atoms with Gasteiger partial charge in [0, 0.05) is 6.61 Å². The smallest absolute Gasteiger partial charge is 0.0609 e. The van der Waals surface area contributed by atoms with Crippen molar-refractivity contribution in [1.29, 1.82) is 0 Å². The number of hydrogen-bond donors (Lipinski definition) is 1. The van der Waals surface area contributed by atoms with E-state index in [0.29, 0.717) is 6.10 Å². The van der Waals surface area contributed by atoms with Gasteiger partial charge in [-0.25, -0.2) is 0 Å². The first kappa shape index (κ1) is 8.52. The lowest BCUT2D eigenvalue weighted by molar-refractivity contribution is 0.0451. The van der Waals surface area contributed by atoms with E-state index in [1.54, 1.807) is 0 Å². The molecule has 0 aromatic heterocycles. The van der Waals surface area contributed by atoms with Crippen molar-refractivity contribution in [1.82, 2.24) is 0 Å². The largest absolute Gasteiger partial charge is 0.378 e. The molecular formula is C10H19NO. The Bertz CT molecular complexity index is 158. The highest BCUT2D eigenvalue weighted by molar-refractivity contribution is 4.90. The Labute approximate surface area is 74.5 Å². The highest BCUT2D eigenvalue weighted by Gasteiger charge is 2.41. The number of fused-ring (bicyclic) bond motifs is 1. The summed E-state index contributed by atoms with van der Waals surface area (Å²) in [6.45, 7) is 4.12. The SMILES string of the molecule is C[C@@H]1CO[C@@H]2CCC[C@@H](CN)[C@@H]12. The monoisotopic (exact) mass is 169 g/mol. The Hall–Kier alpha value is -0.0800. The summed E-state index contributed by atoms with van der Waals surface area (Å²) in [5, 5.41) is 0. The number of nitrogens with two attached hydrogens (primary N) is 1. The number of hydrogen-bond acceptors (Lipinski definition) is 2. The lowest BCUT2D eigenvalue weighted by Crippen LogP contribution is -2.36. The molecular weight excluding hydrogens is 150 g/mol.